The highest BCUT2D eigenvalue weighted by atomic mass is 16.5. The number of aromatic nitrogens is 2. The van der Waals surface area contributed by atoms with Crippen LogP contribution in [-0.2, 0) is 20.9 Å². The minimum absolute atomic E-state index is 0.0472. The third kappa shape index (κ3) is 3.81. The van der Waals surface area contributed by atoms with Gasteiger partial charge < -0.3 is 15.2 Å². The molecule has 1 aromatic rings. The molecule has 0 bridgehead atoms. The highest BCUT2D eigenvalue weighted by Gasteiger charge is 2.43. The molecular weight excluding hydrogens is 274 g/mol. The maximum Gasteiger partial charge on any atom is 0.325 e. The molecule has 1 aliphatic carbocycles. The molecule has 1 aliphatic rings. The topological polar surface area (TPSA) is 93.5 Å². The minimum atomic E-state index is -0.969. The monoisotopic (exact) mass is 295 g/mol. The molecule has 1 fully saturated rings. The van der Waals surface area contributed by atoms with Crippen molar-refractivity contribution in [3.63, 3.8) is 0 Å². The summed E-state index contributed by atoms with van der Waals surface area (Å²) in [5.41, 5.74) is -0.355. The first kappa shape index (κ1) is 15.5. The zero-order valence-electron chi connectivity index (χ0n) is 12.2. The Morgan fingerprint density at radius 3 is 2.86 bits per heavy atom. The highest BCUT2D eigenvalue weighted by Crippen LogP contribution is 2.44. The second-order valence-corrected chi connectivity index (χ2v) is 5.33. The number of aliphatic carboxylic acids is 1. The summed E-state index contributed by atoms with van der Waals surface area (Å²) in [4.78, 5) is 23.0. The Hall–Kier alpha value is -1.89. The fourth-order valence-electron chi connectivity index (χ4n) is 2.51. The molecule has 0 saturated heterocycles. The molecule has 1 heterocycles. The summed E-state index contributed by atoms with van der Waals surface area (Å²) in [7, 11) is 0. The molecule has 0 atom stereocenters. The quantitative estimate of drug-likeness (QED) is 0.709. The SMILES string of the molecule is CCOCCC1(C(=O)Nc2ccn(CC(=O)O)n2)CCC1. The molecule has 116 valence electrons. The number of ether oxygens (including phenoxy) is 1. The molecule has 0 aromatic carbocycles. The number of amides is 1. The Bertz CT molecular complexity index is 508. The Balaban J connectivity index is 1.93. The van der Waals surface area contributed by atoms with Crippen LogP contribution in [0.4, 0.5) is 5.82 Å². The summed E-state index contributed by atoms with van der Waals surface area (Å²) < 4.78 is 6.63. The van der Waals surface area contributed by atoms with Crippen LogP contribution in [0.15, 0.2) is 12.3 Å². The summed E-state index contributed by atoms with van der Waals surface area (Å²) in [6.07, 6.45) is 5.02. The maximum atomic E-state index is 12.4. The number of rotatable bonds is 8. The molecule has 7 nitrogen and oxygen atoms in total. The first-order valence-corrected chi connectivity index (χ1v) is 7.20. The third-order valence-electron chi connectivity index (χ3n) is 3.90. The number of nitrogens with one attached hydrogen (secondary N) is 1. The molecule has 1 saturated carbocycles. The van der Waals surface area contributed by atoms with E-state index in [9.17, 15) is 9.59 Å². The lowest BCUT2D eigenvalue weighted by atomic mass is 9.66. The van der Waals surface area contributed by atoms with Crippen molar-refractivity contribution in [1.82, 2.24) is 9.78 Å². The van der Waals surface area contributed by atoms with E-state index in [2.05, 4.69) is 10.4 Å². The number of carboxylic acids is 1. The van der Waals surface area contributed by atoms with E-state index in [-0.39, 0.29) is 17.9 Å². The standard InChI is InChI=1S/C14H21N3O4/c1-2-21-9-7-14(5-3-6-14)13(20)15-11-4-8-17(16-11)10-12(18)19/h4,8H,2-3,5-7,9-10H2,1H3,(H,18,19)(H,15,16,20). The molecule has 2 rings (SSSR count). The Morgan fingerprint density at radius 1 is 1.52 bits per heavy atom. The number of nitrogens with zero attached hydrogens (tertiary/aromatic N) is 2. The van der Waals surface area contributed by atoms with Gasteiger partial charge in [-0.15, -0.1) is 0 Å². The van der Waals surface area contributed by atoms with Gasteiger partial charge in [0.1, 0.15) is 6.54 Å². The van der Waals surface area contributed by atoms with Crippen LogP contribution in [0.1, 0.15) is 32.6 Å². The van der Waals surface area contributed by atoms with Gasteiger partial charge in [0.25, 0.3) is 0 Å². The van der Waals surface area contributed by atoms with E-state index in [0.717, 1.165) is 19.3 Å². The second kappa shape index (κ2) is 6.71. The number of hydrogen-bond donors (Lipinski definition) is 2. The van der Waals surface area contributed by atoms with Crippen LogP contribution >= 0.6 is 0 Å². The summed E-state index contributed by atoms with van der Waals surface area (Å²) in [6, 6.07) is 1.61. The molecule has 0 unspecified atom stereocenters. The highest BCUT2D eigenvalue weighted by molar-refractivity contribution is 5.95. The molecule has 21 heavy (non-hydrogen) atoms. The zero-order valence-corrected chi connectivity index (χ0v) is 12.2. The predicted octanol–water partition coefficient (Wildman–Crippen LogP) is 1.50. The van der Waals surface area contributed by atoms with Gasteiger partial charge in [-0.3, -0.25) is 14.3 Å². The van der Waals surface area contributed by atoms with E-state index < -0.39 is 5.97 Å². The van der Waals surface area contributed by atoms with Gasteiger partial charge in [-0.1, -0.05) is 6.42 Å². The van der Waals surface area contributed by atoms with Gasteiger partial charge >= 0.3 is 5.97 Å². The van der Waals surface area contributed by atoms with E-state index in [1.807, 2.05) is 6.92 Å². The van der Waals surface area contributed by atoms with Crippen molar-refractivity contribution in [2.24, 2.45) is 5.41 Å². The van der Waals surface area contributed by atoms with Crippen LogP contribution in [0.5, 0.6) is 0 Å². The number of carbonyl (C=O) groups excluding carboxylic acids is 1. The number of carbonyl (C=O) groups is 2. The smallest absolute Gasteiger partial charge is 0.325 e. The van der Waals surface area contributed by atoms with Crippen molar-refractivity contribution in [3.05, 3.63) is 12.3 Å². The van der Waals surface area contributed by atoms with Gasteiger partial charge in [-0.2, -0.15) is 5.10 Å². The Labute approximate surface area is 123 Å². The predicted molar refractivity (Wildman–Crippen MR) is 75.9 cm³/mol. The van der Waals surface area contributed by atoms with Crippen molar-refractivity contribution >= 4 is 17.7 Å². The summed E-state index contributed by atoms with van der Waals surface area (Å²) in [6.45, 7) is 2.95. The Kier molecular flexibility index (Phi) is 4.95. The largest absolute Gasteiger partial charge is 0.480 e. The van der Waals surface area contributed by atoms with Gasteiger partial charge in [0, 0.05) is 25.5 Å². The lowest BCUT2D eigenvalue weighted by Crippen LogP contribution is -2.43. The van der Waals surface area contributed by atoms with Crippen molar-refractivity contribution in [2.45, 2.75) is 39.2 Å². The number of carboxylic acid groups (broad SMARTS) is 1. The molecule has 0 aliphatic heterocycles. The molecule has 0 spiro atoms. The lowest BCUT2D eigenvalue weighted by molar-refractivity contribution is -0.137. The van der Waals surface area contributed by atoms with E-state index >= 15 is 0 Å². The summed E-state index contributed by atoms with van der Waals surface area (Å²) >= 11 is 0. The van der Waals surface area contributed by atoms with Crippen molar-refractivity contribution in [3.8, 4) is 0 Å². The van der Waals surface area contributed by atoms with Crippen LogP contribution in [0, 0.1) is 5.41 Å². The molecule has 7 heteroatoms. The van der Waals surface area contributed by atoms with Crippen molar-refractivity contribution in [1.29, 1.82) is 0 Å². The maximum absolute atomic E-state index is 12.4. The minimum Gasteiger partial charge on any atom is -0.480 e. The van der Waals surface area contributed by atoms with Gasteiger partial charge in [0.15, 0.2) is 5.82 Å². The average Bonchev–Trinajstić information content (AvgIpc) is 2.78. The lowest BCUT2D eigenvalue weighted by Gasteiger charge is -2.40. The van der Waals surface area contributed by atoms with Gasteiger partial charge in [-0.05, 0) is 26.2 Å². The van der Waals surface area contributed by atoms with Crippen LogP contribution in [0.3, 0.4) is 0 Å². The van der Waals surface area contributed by atoms with Crippen LogP contribution < -0.4 is 5.32 Å². The number of anilines is 1. The van der Waals surface area contributed by atoms with E-state index in [4.69, 9.17) is 9.84 Å². The van der Waals surface area contributed by atoms with Gasteiger partial charge in [0.05, 0.1) is 5.41 Å². The summed E-state index contributed by atoms with van der Waals surface area (Å²) in [5.74, 6) is -0.624. The first-order valence-electron chi connectivity index (χ1n) is 7.20. The summed E-state index contributed by atoms with van der Waals surface area (Å²) in [5, 5.41) is 15.5. The van der Waals surface area contributed by atoms with E-state index in [1.165, 1.54) is 10.9 Å². The fourth-order valence-corrected chi connectivity index (χ4v) is 2.51. The van der Waals surface area contributed by atoms with Crippen LogP contribution in [0.2, 0.25) is 0 Å². The van der Waals surface area contributed by atoms with Crippen LogP contribution in [-0.4, -0.2) is 40.0 Å². The molecule has 2 N–H and O–H groups in total. The molecule has 1 aromatic heterocycles. The normalized spacial score (nSPS) is 16.2. The van der Waals surface area contributed by atoms with Gasteiger partial charge in [0.2, 0.25) is 5.91 Å². The van der Waals surface area contributed by atoms with E-state index in [1.54, 1.807) is 6.07 Å². The first-order chi connectivity index (χ1) is 10.1. The van der Waals surface area contributed by atoms with E-state index in [0.29, 0.717) is 25.5 Å². The van der Waals surface area contributed by atoms with Crippen LogP contribution in [0.25, 0.3) is 0 Å². The van der Waals surface area contributed by atoms with Gasteiger partial charge in [-0.25, -0.2) is 0 Å². The molecular formula is C14H21N3O4. The Morgan fingerprint density at radius 2 is 2.29 bits per heavy atom. The third-order valence-corrected chi connectivity index (χ3v) is 3.90. The van der Waals surface area contributed by atoms with Crippen molar-refractivity contribution in [2.75, 3.05) is 18.5 Å². The van der Waals surface area contributed by atoms with Crippen molar-refractivity contribution < 1.29 is 19.4 Å². The zero-order chi connectivity index (χ0) is 15.3. The second-order valence-electron chi connectivity index (χ2n) is 5.33. The molecule has 1 amide bonds. The fraction of sp³-hybridized carbons (Fsp3) is 0.643. The average molecular weight is 295 g/mol. The molecule has 0 radical (unpaired) electrons. The number of hydrogen-bond acceptors (Lipinski definition) is 4.